The molecule has 0 aromatic heterocycles. The van der Waals surface area contributed by atoms with Crippen molar-refractivity contribution in [3.63, 3.8) is 0 Å². The van der Waals surface area contributed by atoms with Crippen molar-refractivity contribution in [1.82, 2.24) is 0 Å². The van der Waals surface area contributed by atoms with E-state index < -0.39 is 0 Å². The van der Waals surface area contributed by atoms with Gasteiger partial charge in [0.05, 0.1) is 11.1 Å². The molecule has 0 saturated heterocycles. The van der Waals surface area contributed by atoms with Crippen LogP contribution in [0.2, 0.25) is 10.0 Å². The Bertz CT molecular complexity index is 575. The van der Waals surface area contributed by atoms with E-state index in [9.17, 15) is 0 Å². The first-order chi connectivity index (χ1) is 9.10. The highest BCUT2D eigenvalue weighted by Crippen LogP contribution is 2.28. The van der Waals surface area contributed by atoms with Crippen LogP contribution in [0.4, 0.5) is 5.69 Å². The standard InChI is InChI=1S/C14H13BrCl2N2/c15-12-5-4-9(6-13(12)17)14(8-18)19-11-3-1-2-10(16)7-11/h1-7,14,19H,8,18H2. The van der Waals surface area contributed by atoms with Crippen molar-refractivity contribution in [2.45, 2.75) is 6.04 Å². The third-order valence-electron chi connectivity index (χ3n) is 2.75. The lowest BCUT2D eigenvalue weighted by atomic mass is 10.1. The first kappa shape index (κ1) is 14.7. The van der Waals surface area contributed by atoms with Crippen LogP contribution in [0.25, 0.3) is 0 Å². The Balaban J connectivity index is 2.22. The molecule has 0 aliphatic rings. The van der Waals surface area contributed by atoms with E-state index in [1.807, 2.05) is 42.5 Å². The van der Waals surface area contributed by atoms with E-state index in [2.05, 4.69) is 21.2 Å². The molecule has 0 saturated carbocycles. The first-order valence-corrected chi connectivity index (χ1v) is 7.32. The van der Waals surface area contributed by atoms with Gasteiger partial charge in [0.25, 0.3) is 0 Å². The van der Waals surface area contributed by atoms with Crippen molar-refractivity contribution in [2.24, 2.45) is 5.73 Å². The molecule has 100 valence electrons. The van der Waals surface area contributed by atoms with E-state index in [0.717, 1.165) is 15.7 Å². The summed E-state index contributed by atoms with van der Waals surface area (Å²) in [6, 6.07) is 13.3. The molecule has 1 atom stereocenters. The summed E-state index contributed by atoms with van der Waals surface area (Å²) in [6.07, 6.45) is 0. The van der Waals surface area contributed by atoms with Gasteiger partial charge in [0.2, 0.25) is 0 Å². The van der Waals surface area contributed by atoms with Gasteiger partial charge in [0, 0.05) is 21.7 Å². The van der Waals surface area contributed by atoms with E-state index >= 15 is 0 Å². The Hall–Kier alpha value is -0.740. The Morgan fingerprint density at radius 3 is 2.58 bits per heavy atom. The smallest absolute Gasteiger partial charge is 0.0636 e. The molecule has 1 unspecified atom stereocenters. The average molecular weight is 360 g/mol. The summed E-state index contributed by atoms with van der Waals surface area (Å²) < 4.78 is 0.872. The molecule has 2 aromatic rings. The topological polar surface area (TPSA) is 38.0 Å². The first-order valence-electron chi connectivity index (χ1n) is 5.77. The zero-order valence-corrected chi connectivity index (χ0v) is 13.1. The van der Waals surface area contributed by atoms with E-state index in [-0.39, 0.29) is 6.04 Å². The minimum atomic E-state index is -0.0101. The second-order valence-corrected chi connectivity index (χ2v) is 5.81. The fraction of sp³-hybridized carbons (Fsp3) is 0.143. The van der Waals surface area contributed by atoms with Gasteiger partial charge in [-0.25, -0.2) is 0 Å². The summed E-state index contributed by atoms with van der Waals surface area (Å²) in [6.45, 7) is 0.463. The molecule has 5 heteroatoms. The average Bonchev–Trinajstić information content (AvgIpc) is 2.39. The second-order valence-electron chi connectivity index (χ2n) is 4.12. The van der Waals surface area contributed by atoms with Gasteiger partial charge in [0.1, 0.15) is 0 Å². The van der Waals surface area contributed by atoms with Crippen LogP contribution in [-0.2, 0) is 0 Å². The molecule has 2 nitrogen and oxygen atoms in total. The second kappa shape index (κ2) is 6.62. The number of benzene rings is 2. The highest BCUT2D eigenvalue weighted by atomic mass is 79.9. The quantitative estimate of drug-likeness (QED) is 0.817. The molecular weight excluding hydrogens is 347 g/mol. The molecule has 19 heavy (non-hydrogen) atoms. The SMILES string of the molecule is NCC(Nc1cccc(Cl)c1)c1ccc(Br)c(Cl)c1. The Kier molecular flexibility index (Phi) is 5.11. The fourth-order valence-electron chi connectivity index (χ4n) is 1.79. The van der Waals surface area contributed by atoms with Gasteiger partial charge in [-0.05, 0) is 51.8 Å². The maximum Gasteiger partial charge on any atom is 0.0636 e. The van der Waals surface area contributed by atoms with Crippen LogP contribution < -0.4 is 11.1 Å². The number of hydrogen-bond acceptors (Lipinski definition) is 2. The van der Waals surface area contributed by atoms with Crippen LogP contribution in [-0.4, -0.2) is 6.54 Å². The molecular formula is C14H13BrCl2N2. The van der Waals surface area contributed by atoms with Crippen molar-refractivity contribution < 1.29 is 0 Å². The normalized spacial score (nSPS) is 12.2. The van der Waals surface area contributed by atoms with Crippen molar-refractivity contribution in [1.29, 1.82) is 0 Å². The predicted octanol–water partition coefficient (Wildman–Crippen LogP) is 4.87. The number of nitrogens with two attached hydrogens (primary N) is 1. The summed E-state index contributed by atoms with van der Waals surface area (Å²) in [4.78, 5) is 0. The van der Waals surface area contributed by atoms with Crippen LogP contribution in [0, 0.1) is 0 Å². The lowest BCUT2D eigenvalue weighted by Crippen LogP contribution is -2.20. The number of nitrogens with one attached hydrogen (secondary N) is 1. The highest BCUT2D eigenvalue weighted by Gasteiger charge is 2.11. The van der Waals surface area contributed by atoms with Crippen molar-refractivity contribution >= 4 is 44.8 Å². The number of rotatable bonds is 4. The van der Waals surface area contributed by atoms with Gasteiger partial charge < -0.3 is 11.1 Å². The van der Waals surface area contributed by atoms with Gasteiger partial charge in [-0.3, -0.25) is 0 Å². The Morgan fingerprint density at radius 1 is 1.16 bits per heavy atom. The number of hydrogen-bond donors (Lipinski definition) is 2. The van der Waals surface area contributed by atoms with Gasteiger partial charge in [-0.15, -0.1) is 0 Å². The summed E-state index contributed by atoms with van der Waals surface area (Å²) in [5.41, 5.74) is 7.80. The van der Waals surface area contributed by atoms with Crippen molar-refractivity contribution in [3.8, 4) is 0 Å². The van der Waals surface area contributed by atoms with Crippen LogP contribution in [0.5, 0.6) is 0 Å². The maximum atomic E-state index is 6.11. The Morgan fingerprint density at radius 2 is 1.95 bits per heavy atom. The molecule has 0 fully saturated rings. The summed E-state index contributed by atoms with van der Waals surface area (Å²) in [5.74, 6) is 0. The lowest BCUT2D eigenvalue weighted by Gasteiger charge is -2.19. The number of halogens is 3. The molecule has 0 aliphatic heterocycles. The monoisotopic (exact) mass is 358 g/mol. The van der Waals surface area contributed by atoms with Crippen molar-refractivity contribution in [3.05, 3.63) is 62.5 Å². The van der Waals surface area contributed by atoms with Crippen LogP contribution >= 0.6 is 39.1 Å². The van der Waals surface area contributed by atoms with E-state index in [1.165, 1.54) is 0 Å². The molecule has 0 heterocycles. The van der Waals surface area contributed by atoms with Gasteiger partial charge in [-0.1, -0.05) is 35.3 Å². The summed E-state index contributed by atoms with van der Waals surface area (Å²) in [5, 5.41) is 4.71. The van der Waals surface area contributed by atoms with Gasteiger partial charge >= 0.3 is 0 Å². The molecule has 0 aliphatic carbocycles. The zero-order chi connectivity index (χ0) is 13.8. The van der Waals surface area contributed by atoms with Crippen LogP contribution in [0.3, 0.4) is 0 Å². The molecule has 0 amide bonds. The van der Waals surface area contributed by atoms with E-state index in [1.54, 1.807) is 0 Å². The molecule has 0 bridgehead atoms. The molecule has 0 radical (unpaired) electrons. The maximum absolute atomic E-state index is 6.11. The number of anilines is 1. The lowest BCUT2D eigenvalue weighted by molar-refractivity contribution is 0.790. The Labute approximate surface area is 131 Å². The molecule has 3 N–H and O–H groups in total. The minimum Gasteiger partial charge on any atom is -0.377 e. The van der Waals surface area contributed by atoms with Gasteiger partial charge in [0.15, 0.2) is 0 Å². The van der Waals surface area contributed by atoms with E-state index in [0.29, 0.717) is 16.6 Å². The highest BCUT2D eigenvalue weighted by molar-refractivity contribution is 9.10. The molecule has 0 spiro atoms. The van der Waals surface area contributed by atoms with Gasteiger partial charge in [-0.2, -0.15) is 0 Å². The predicted molar refractivity (Wildman–Crippen MR) is 86.0 cm³/mol. The third kappa shape index (κ3) is 3.86. The largest absolute Gasteiger partial charge is 0.377 e. The molecule has 2 rings (SSSR count). The zero-order valence-electron chi connectivity index (χ0n) is 10.0. The van der Waals surface area contributed by atoms with E-state index in [4.69, 9.17) is 28.9 Å². The fourth-order valence-corrected chi connectivity index (χ4v) is 2.41. The molecule has 2 aromatic carbocycles. The third-order valence-corrected chi connectivity index (χ3v) is 4.21. The van der Waals surface area contributed by atoms with Crippen LogP contribution in [0.1, 0.15) is 11.6 Å². The summed E-state index contributed by atoms with van der Waals surface area (Å²) in [7, 11) is 0. The summed E-state index contributed by atoms with van der Waals surface area (Å²) >= 11 is 15.4. The minimum absolute atomic E-state index is 0.0101. The van der Waals surface area contributed by atoms with Crippen molar-refractivity contribution in [2.75, 3.05) is 11.9 Å². The van der Waals surface area contributed by atoms with Crippen LogP contribution in [0.15, 0.2) is 46.9 Å².